The van der Waals surface area contributed by atoms with Gasteiger partial charge in [0, 0.05) is 51.0 Å². The summed E-state index contributed by atoms with van der Waals surface area (Å²) in [5.41, 5.74) is 14.8. The molecule has 0 saturated heterocycles. The van der Waals surface area contributed by atoms with Gasteiger partial charge in [0.05, 0.1) is 33.5 Å². The van der Waals surface area contributed by atoms with Crippen LogP contribution in [0.4, 0.5) is 0 Å². The Kier molecular flexibility index (Phi) is 8.07. The molecule has 0 fully saturated rings. The molecule has 270 valence electrons. The van der Waals surface area contributed by atoms with E-state index >= 15 is 0 Å². The van der Waals surface area contributed by atoms with Crippen molar-refractivity contribution in [2.24, 2.45) is 0 Å². The molecule has 0 saturated carbocycles. The third kappa shape index (κ3) is 5.85. The molecule has 5 nitrogen and oxygen atoms in total. The Balaban J connectivity index is 1.01. The second-order valence-corrected chi connectivity index (χ2v) is 14.5. The van der Waals surface area contributed by atoms with E-state index in [0.29, 0.717) is 5.82 Å². The lowest BCUT2D eigenvalue weighted by Crippen LogP contribution is -1.97. The summed E-state index contributed by atoms with van der Waals surface area (Å²) in [5.74, 6) is 0.676. The summed E-state index contributed by atoms with van der Waals surface area (Å²) >= 11 is 0. The molecule has 3 heterocycles. The lowest BCUT2D eigenvalue weighted by molar-refractivity contribution is 1.23. The maximum atomic E-state index is 5.36. The van der Waals surface area contributed by atoms with Crippen molar-refractivity contribution in [3.05, 3.63) is 200 Å². The van der Waals surface area contributed by atoms with E-state index < -0.39 is 0 Å². The molecular formula is C53H33N5. The van der Waals surface area contributed by atoms with Crippen LogP contribution in [0.3, 0.4) is 0 Å². The SMILES string of the molecule is c1ccc(-c2nc3ccc(-c4ccc5cc(-c6ncc7c(n6)c(-c6ccccc6)c(-c6ccccc6)c6ncccc67)ccc5c4)cc3nc2-c2ccccc2)cc1. The molecule has 11 aromatic rings. The number of aromatic nitrogens is 5. The van der Waals surface area contributed by atoms with Crippen molar-refractivity contribution < 1.29 is 0 Å². The van der Waals surface area contributed by atoms with Crippen molar-refractivity contribution in [2.75, 3.05) is 0 Å². The highest BCUT2D eigenvalue weighted by atomic mass is 14.9. The minimum atomic E-state index is 0.676. The predicted molar refractivity (Wildman–Crippen MR) is 238 cm³/mol. The minimum Gasteiger partial charge on any atom is -0.256 e. The average molecular weight is 740 g/mol. The van der Waals surface area contributed by atoms with Crippen molar-refractivity contribution in [2.45, 2.75) is 0 Å². The Labute approximate surface area is 335 Å². The zero-order chi connectivity index (χ0) is 38.4. The third-order valence-corrected chi connectivity index (χ3v) is 10.9. The summed E-state index contributed by atoms with van der Waals surface area (Å²) in [5, 5.41) is 4.25. The molecule has 0 amide bonds. The van der Waals surface area contributed by atoms with Crippen molar-refractivity contribution in [3.8, 4) is 67.3 Å². The van der Waals surface area contributed by atoms with Crippen LogP contribution >= 0.6 is 0 Å². The second-order valence-electron chi connectivity index (χ2n) is 14.5. The van der Waals surface area contributed by atoms with Crippen molar-refractivity contribution in [1.29, 1.82) is 0 Å². The Bertz CT molecular complexity index is 3310. The van der Waals surface area contributed by atoms with Crippen molar-refractivity contribution in [1.82, 2.24) is 24.9 Å². The maximum absolute atomic E-state index is 5.36. The maximum Gasteiger partial charge on any atom is 0.159 e. The first-order chi connectivity index (χ1) is 28.7. The highest BCUT2D eigenvalue weighted by molar-refractivity contribution is 6.19. The fourth-order valence-electron chi connectivity index (χ4n) is 8.13. The van der Waals surface area contributed by atoms with E-state index in [2.05, 4.69) is 133 Å². The molecule has 58 heavy (non-hydrogen) atoms. The smallest absolute Gasteiger partial charge is 0.159 e. The number of hydrogen-bond donors (Lipinski definition) is 0. The van der Waals surface area contributed by atoms with Gasteiger partial charge in [-0.2, -0.15) is 0 Å². The monoisotopic (exact) mass is 739 g/mol. The van der Waals surface area contributed by atoms with Gasteiger partial charge in [-0.05, 0) is 63.4 Å². The van der Waals surface area contributed by atoms with Crippen LogP contribution in [0, 0.1) is 0 Å². The van der Waals surface area contributed by atoms with E-state index in [1.165, 1.54) is 0 Å². The van der Waals surface area contributed by atoms with Crippen LogP contribution in [0.15, 0.2) is 200 Å². The largest absolute Gasteiger partial charge is 0.256 e. The van der Waals surface area contributed by atoms with E-state index in [9.17, 15) is 0 Å². The summed E-state index contributed by atoms with van der Waals surface area (Å²) in [6.07, 6.45) is 3.83. The summed E-state index contributed by atoms with van der Waals surface area (Å²) in [4.78, 5) is 25.6. The van der Waals surface area contributed by atoms with Crippen LogP contribution in [0.25, 0.3) is 111 Å². The molecule has 8 aromatic carbocycles. The van der Waals surface area contributed by atoms with Crippen LogP contribution in [-0.2, 0) is 0 Å². The van der Waals surface area contributed by atoms with Crippen LogP contribution in [0.5, 0.6) is 0 Å². The number of fused-ring (bicyclic) bond motifs is 5. The summed E-state index contributed by atoms with van der Waals surface area (Å²) in [6.45, 7) is 0. The predicted octanol–water partition coefficient (Wildman–Crippen LogP) is 13.3. The van der Waals surface area contributed by atoms with Gasteiger partial charge in [0.15, 0.2) is 5.82 Å². The first-order valence-electron chi connectivity index (χ1n) is 19.4. The van der Waals surface area contributed by atoms with Gasteiger partial charge in [0.2, 0.25) is 0 Å². The summed E-state index contributed by atoms with van der Waals surface area (Å²) in [7, 11) is 0. The fraction of sp³-hybridized carbons (Fsp3) is 0. The quantitative estimate of drug-likeness (QED) is 0.159. The van der Waals surface area contributed by atoms with Gasteiger partial charge in [-0.15, -0.1) is 0 Å². The molecule has 0 atom stereocenters. The molecule has 0 bridgehead atoms. The summed E-state index contributed by atoms with van der Waals surface area (Å²) in [6, 6.07) is 65.1. The van der Waals surface area contributed by atoms with Gasteiger partial charge in [-0.3, -0.25) is 4.98 Å². The Morgan fingerprint density at radius 3 is 1.47 bits per heavy atom. The number of pyridine rings is 1. The van der Waals surface area contributed by atoms with Crippen molar-refractivity contribution in [3.63, 3.8) is 0 Å². The minimum absolute atomic E-state index is 0.676. The average Bonchev–Trinajstić information content (AvgIpc) is 3.31. The third-order valence-electron chi connectivity index (χ3n) is 10.9. The zero-order valence-electron chi connectivity index (χ0n) is 31.3. The Hall–Kier alpha value is -7.89. The Morgan fingerprint density at radius 1 is 0.310 bits per heavy atom. The molecule has 0 aliphatic rings. The van der Waals surface area contributed by atoms with E-state index in [-0.39, 0.29) is 0 Å². The molecule has 11 rings (SSSR count). The highest BCUT2D eigenvalue weighted by Crippen LogP contribution is 2.43. The van der Waals surface area contributed by atoms with Gasteiger partial charge >= 0.3 is 0 Å². The van der Waals surface area contributed by atoms with Crippen LogP contribution in [0.2, 0.25) is 0 Å². The van der Waals surface area contributed by atoms with Crippen LogP contribution in [-0.4, -0.2) is 24.9 Å². The summed E-state index contributed by atoms with van der Waals surface area (Å²) < 4.78 is 0. The van der Waals surface area contributed by atoms with Crippen LogP contribution < -0.4 is 0 Å². The standard InChI is InChI=1S/C53H33N5/c1-5-14-34(15-6-1)47-48(35-16-7-2-8-17-35)52-44(43-22-13-29-54-51(43)47)33-55-53(58-52)42-26-25-38-30-39(23-24-40(38)31-42)41-27-28-45-46(32-41)57-50(37-20-11-4-12-21-37)49(56-45)36-18-9-3-10-19-36/h1-33H. The molecule has 0 spiro atoms. The Morgan fingerprint density at radius 2 is 0.828 bits per heavy atom. The fourth-order valence-corrected chi connectivity index (χ4v) is 8.13. The number of rotatable bonds is 6. The molecule has 0 radical (unpaired) electrons. The number of nitrogens with zero attached hydrogens (tertiary/aromatic N) is 5. The molecule has 0 unspecified atom stereocenters. The molecule has 5 heteroatoms. The molecule has 0 aliphatic carbocycles. The van der Waals surface area contributed by atoms with E-state index in [1.807, 2.05) is 67.0 Å². The van der Waals surface area contributed by atoms with Gasteiger partial charge in [0.1, 0.15) is 0 Å². The first-order valence-corrected chi connectivity index (χ1v) is 19.4. The number of hydrogen-bond acceptors (Lipinski definition) is 5. The molecule has 0 aliphatic heterocycles. The van der Waals surface area contributed by atoms with Gasteiger partial charge in [0.25, 0.3) is 0 Å². The lowest BCUT2D eigenvalue weighted by Gasteiger charge is -2.17. The number of benzene rings is 8. The molecular weight excluding hydrogens is 707 g/mol. The normalized spacial score (nSPS) is 11.4. The topological polar surface area (TPSA) is 64.5 Å². The van der Waals surface area contributed by atoms with Crippen molar-refractivity contribution >= 4 is 43.6 Å². The van der Waals surface area contributed by atoms with E-state index in [0.717, 1.165) is 105 Å². The first kappa shape index (κ1) is 33.4. The van der Waals surface area contributed by atoms with E-state index in [4.69, 9.17) is 24.9 Å². The van der Waals surface area contributed by atoms with Gasteiger partial charge < -0.3 is 0 Å². The second kappa shape index (κ2) is 14.0. The highest BCUT2D eigenvalue weighted by Gasteiger charge is 2.21. The van der Waals surface area contributed by atoms with Gasteiger partial charge in [-0.25, -0.2) is 19.9 Å². The van der Waals surface area contributed by atoms with Crippen LogP contribution in [0.1, 0.15) is 0 Å². The molecule has 0 N–H and O–H groups in total. The molecule has 3 aromatic heterocycles. The van der Waals surface area contributed by atoms with Gasteiger partial charge in [-0.1, -0.05) is 158 Å². The van der Waals surface area contributed by atoms with E-state index in [1.54, 1.807) is 0 Å². The zero-order valence-corrected chi connectivity index (χ0v) is 31.3. The lowest BCUT2D eigenvalue weighted by atomic mass is 9.89.